The molecule has 0 aliphatic carbocycles. The zero-order valence-corrected chi connectivity index (χ0v) is 4.05. The van der Waals surface area contributed by atoms with Crippen LogP contribution in [-0.4, -0.2) is 24.5 Å². The molecule has 40 valence electrons. The highest BCUT2D eigenvalue weighted by Crippen LogP contribution is 2.16. The Balaban J connectivity index is 2.03. The lowest BCUT2D eigenvalue weighted by atomic mass is 10.3. The molecule has 3 nitrogen and oxygen atoms in total. The van der Waals surface area contributed by atoms with E-state index in [9.17, 15) is 0 Å². The minimum absolute atomic E-state index is 0.556. The zero-order chi connectivity index (χ0) is 4.69. The fourth-order valence-corrected chi connectivity index (χ4v) is 0.958. The van der Waals surface area contributed by atoms with Crippen LogP contribution in [0.15, 0.2) is 0 Å². The van der Waals surface area contributed by atoms with Crippen molar-refractivity contribution in [2.24, 2.45) is 0 Å². The summed E-state index contributed by atoms with van der Waals surface area (Å²) in [5.41, 5.74) is 0. The second-order valence-corrected chi connectivity index (χ2v) is 1.92. The lowest BCUT2D eigenvalue weighted by Crippen LogP contribution is -2.56. The summed E-state index contributed by atoms with van der Waals surface area (Å²) in [5, 5.41) is 5.18. The number of fused-ring (bicyclic) bond motifs is 1. The summed E-state index contributed by atoms with van der Waals surface area (Å²) < 4.78 is 0. The molecule has 0 aromatic heterocycles. The van der Waals surface area contributed by atoms with Gasteiger partial charge < -0.3 is 0 Å². The standard InChI is InChI=1S/C4H8N2O/c1-2-7-6-3-5-4(1)6/h4-5H,1-3H2. The van der Waals surface area contributed by atoms with E-state index < -0.39 is 0 Å². The minimum Gasteiger partial charge on any atom is -0.296 e. The molecule has 1 unspecified atom stereocenters. The van der Waals surface area contributed by atoms with E-state index in [0.717, 1.165) is 19.7 Å². The molecule has 0 aromatic carbocycles. The van der Waals surface area contributed by atoms with Gasteiger partial charge in [-0.2, -0.15) is 5.06 Å². The molecule has 1 N–H and O–H groups in total. The molecule has 0 spiro atoms. The molecule has 0 aromatic rings. The Kier molecular flexibility index (Phi) is 0.647. The third kappa shape index (κ3) is 0.400. The van der Waals surface area contributed by atoms with Crippen molar-refractivity contribution < 1.29 is 4.84 Å². The van der Waals surface area contributed by atoms with Crippen molar-refractivity contribution in [2.75, 3.05) is 13.3 Å². The van der Waals surface area contributed by atoms with Crippen LogP contribution in [0, 0.1) is 0 Å². The van der Waals surface area contributed by atoms with Crippen molar-refractivity contribution in [1.82, 2.24) is 10.4 Å². The molecule has 3 heteroatoms. The predicted octanol–water partition coefficient (Wildman–Crippen LogP) is -0.490. The van der Waals surface area contributed by atoms with Gasteiger partial charge in [-0.25, -0.2) is 0 Å². The Labute approximate surface area is 42.2 Å². The van der Waals surface area contributed by atoms with Gasteiger partial charge in [0.2, 0.25) is 0 Å². The van der Waals surface area contributed by atoms with Gasteiger partial charge in [0.15, 0.2) is 0 Å². The summed E-state index contributed by atoms with van der Waals surface area (Å²) >= 11 is 0. The van der Waals surface area contributed by atoms with Crippen molar-refractivity contribution in [3.63, 3.8) is 0 Å². The Morgan fingerprint density at radius 1 is 1.71 bits per heavy atom. The molecule has 2 aliphatic heterocycles. The molecular weight excluding hydrogens is 92.1 g/mol. The van der Waals surface area contributed by atoms with Crippen molar-refractivity contribution in [2.45, 2.75) is 12.6 Å². The molecule has 2 saturated heterocycles. The Morgan fingerprint density at radius 3 is 3.00 bits per heavy atom. The maximum Gasteiger partial charge on any atom is 0.0891 e. The minimum atomic E-state index is 0.556. The summed E-state index contributed by atoms with van der Waals surface area (Å²) in [6.45, 7) is 1.82. The second-order valence-electron chi connectivity index (χ2n) is 1.92. The van der Waals surface area contributed by atoms with Crippen molar-refractivity contribution in [3.8, 4) is 0 Å². The van der Waals surface area contributed by atoms with Gasteiger partial charge >= 0.3 is 0 Å². The normalized spacial score (nSPS) is 40.3. The zero-order valence-electron chi connectivity index (χ0n) is 4.05. The Bertz CT molecular complexity index is 75.8. The van der Waals surface area contributed by atoms with Crippen LogP contribution in [0.5, 0.6) is 0 Å². The first kappa shape index (κ1) is 3.83. The molecule has 0 bridgehead atoms. The molecule has 2 heterocycles. The number of hydrogen-bond donors (Lipinski definition) is 1. The third-order valence-electron chi connectivity index (χ3n) is 1.48. The van der Waals surface area contributed by atoms with Gasteiger partial charge in [0.25, 0.3) is 0 Å². The molecule has 2 fully saturated rings. The number of hydrogen-bond acceptors (Lipinski definition) is 3. The smallest absolute Gasteiger partial charge is 0.0891 e. The molecule has 1 atom stereocenters. The molecule has 2 rings (SSSR count). The Morgan fingerprint density at radius 2 is 2.71 bits per heavy atom. The van der Waals surface area contributed by atoms with Crippen LogP contribution in [0.25, 0.3) is 0 Å². The monoisotopic (exact) mass is 100 g/mol. The van der Waals surface area contributed by atoms with Crippen LogP contribution >= 0.6 is 0 Å². The average molecular weight is 100 g/mol. The Hall–Kier alpha value is -0.120. The fraction of sp³-hybridized carbons (Fsp3) is 1.00. The van der Waals surface area contributed by atoms with Gasteiger partial charge in [-0.3, -0.25) is 10.2 Å². The van der Waals surface area contributed by atoms with Crippen LogP contribution in [0.4, 0.5) is 0 Å². The maximum absolute atomic E-state index is 5.12. The van der Waals surface area contributed by atoms with Crippen molar-refractivity contribution in [1.29, 1.82) is 0 Å². The predicted molar refractivity (Wildman–Crippen MR) is 24.2 cm³/mol. The lowest BCUT2D eigenvalue weighted by Gasteiger charge is -2.33. The van der Waals surface area contributed by atoms with Gasteiger partial charge in [-0.15, -0.1) is 0 Å². The number of nitrogens with zero attached hydrogens (tertiary/aromatic N) is 1. The third-order valence-corrected chi connectivity index (χ3v) is 1.48. The SMILES string of the molecule is C1CC2NCN2O1. The largest absolute Gasteiger partial charge is 0.296 e. The molecule has 0 amide bonds. The highest BCUT2D eigenvalue weighted by Gasteiger charge is 2.32. The fourth-order valence-electron chi connectivity index (χ4n) is 0.958. The van der Waals surface area contributed by atoms with Gasteiger partial charge in [-0.05, 0) is 0 Å². The van der Waals surface area contributed by atoms with Crippen molar-refractivity contribution in [3.05, 3.63) is 0 Å². The summed E-state index contributed by atoms with van der Waals surface area (Å²) in [6, 6.07) is 0. The summed E-state index contributed by atoms with van der Waals surface area (Å²) in [6.07, 6.45) is 1.71. The van der Waals surface area contributed by atoms with E-state index in [0.29, 0.717) is 6.17 Å². The molecule has 2 aliphatic rings. The highest BCUT2D eigenvalue weighted by atomic mass is 16.7. The first-order valence-electron chi connectivity index (χ1n) is 2.60. The van der Waals surface area contributed by atoms with E-state index in [1.807, 2.05) is 5.06 Å². The summed E-state index contributed by atoms with van der Waals surface area (Å²) in [5.74, 6) is 0. The van der Waals surface area contributed by atoms with E-state index in [1.165, 1.54) is 0 Å². The van der Waals surface area contributed by atoms with Gasteiger partial charge in [0.1, 0.15) is 0 Å². The van der Waals surface area contributed by atoms with E-state index in [1.54, 1.807) is 0 Å². The van der Waals surface area contributed by atoms with E-state index >= 15 is 0 Å². The summed E-state index contributed by atoms with van der Waals surface area (Å²) in [7, 11) is 0. The first-order valence-corrected chi connectivity index (χ1v) is 2.60. The average Bonchev–Trinajstić information content (AvgIpc) is 1.85. The number of hydroxylamine groups is 2. The number of nitrogens with one attached hydrogen (secondary N) is 1. The van der Waals surface area contributed by atoms with E-state index in [-0.39, 0.29) is 0 Å². The second kappa shape index (κ2) is 1.18. The van der Waals surface area contributed by atoms with Crippen LogP contribution in [-0.2, 0) is 4.84 Å². The maximum atomic E-state index is 5.12. The molecule has 7 heavy (non-hydrogen) atoms. The highest BCUT2D eigenvalue weighted by molar-refractivity contribution is 4.74. The first-order chi connectivity index (χ1) is 3.47. The van der Waals surface area contributed by atoms with Crippen LogP contribution in [0.3, 0.4) is 0 Å². The lowest BCUT2D eigenvalue weighted by molar-refractivity contribution is -0.191. The quantitative estimate of drug-likeness (QED) is 0.444. The van der Waals surface area contributed by atoms with Gasteiger partial charge in [-0.1, -0.05) is 0 Å². The van der Waals surface area contributed by atoms with Crippen molar-refractivity contribution >= 4 is 0 Å². The van der Waals surface area contributed by atoms with E-state index in [2.05, 4.69) is 5.32 Å². The van der Waals surface area contributed by atoms with E-state index in [4.69, 9.17) is 4.84 Å². The molecule has 0 saturated carbocycles. The van der Waals surface area contributed by atoms with Gasteiger partial charge in [0.05, 0.1) is 19.4 Å². The van der Waals surface area contributed by atoms with Crippen LogP contribution in [0.1, 0.15) is 6.42 Å². The van der Waals surface area contributed by atoms with Crippen LogP contribution in [0.2, 0.25) is 0 Å². The number of rotatable bonds is 0. The van der Waals surface area contributed by atoms with Crippen LogP contribution < -0.4 is 5.32 Å². The summed E-state index contributed by atoms with van der Waals surface area (Å²) in [4.78, 5) is 5.12. The molecule has 0 radical (unpaired) electrons. The molecular formula is C4H8N2O. The topological polar surface area (TPSA) is 24.5 Å². The van der Waals surface area contributed by atoms with Gasteiger partial charge in [0, 0.05) is 6.42 Å².